The minimum absolute atomic E-state index is 0.369. The predicted octanol–water partition coefficient (Wildman–Crippen LogP) is 1.33. The molecule has 0 saturated carbocycles. The van der Waals surface area contributed by atoms with E-state index in [4.69, 9.17) is 0 Å². The van der Waals surface area contributed by atoms with Crippen LogP contribution >= 0.6 is 0 Å². The van der Waals surface area contributed by atoms with Crippen LogP contribution < -0.4 is 5.32 Å². The number of piperidine rings is 1. The fraction of sp³-hybridized carbons (Fsp3) is 1.00. The first-order valence-electron chi connectivity index (χ1n) is 5.53. The van der Waals surface area contributed by atoms with E-state index in [1.54, 1.807) is 0 Å². The summed E-state index contributed by atoms with van der Waals surface area (Å²) in [5.74, 6) is 1.89. The molecular weight excluding hydrogens is 160 g/mol. The summed E-state index contributed by atoms with van der Waals surface area (Å²) in [7, 11) is 0. The highest BCUT2D eigenvalue weighted by molar-refractivity contribution is 4.91. The molecule has 0 radical (unpaired) electrons. The van der Waals surface area contributed by atoms with Crippen molar-refractivity contribution in [1.82, 2.24) is 10.2 Å². The van der Waals surface area contributed by atoms with Crippen molar-refractivity contribution in [3.05, 3.63) is 0 Å². The molecule has 2 aliphatic rings. The van der Waals surface area contributed by atoms with Gasteiger partial charge in [-0.15, -0.1) is 0 Å². The zero-order valence-corrected chi connectivity index (χ0v) is 9.14. The highest BCUT2D eigenvalue weighted by atomic mass is 15.2. The number of hydrogen-bond acceptors (Lipinski definition) is 2. The molecule has 0 aromatic carbocycles. The number of likely N-dealkylation sites (tertiary alicyclic amines) is 1. The van der Waals surface area contributed by atoms with Crippen LogP contribution in [0.1, 0.15) is 27.2 Å². The van der Waals surface area contributed by atoms with Crippen LogP contribution in [0.25, 0.3) is 0 Å². The average molecular weight is 182 g/mol. The normalized spacial score (nSPS) is 36.2. The molecule has 0 amide bonds. The second kappa shape index (κ2) is 3.25. The quantitative estimate of drug-likeness (QED) is 0.608. The zero-order chi connectivity index (χ0) is 9.47. The van der Waals surface area contributed by atoms with Gasteiger partial charge in [-0.2, -0.15) is 0 Å². The molecule has 2 unspecified atom stereocenters. The molecule has 2 nitrogen and oxygen atoms in total. The third-order valence-corrected chi connectivity index (χ3v) is 3.65. The molecule has 0 aromatic heterocycles. The van der Waals surface area contributed by atoms with Gasteiger partial charge in [0, 0.05) is 12.1 Å². The van der Waals surface area contributed by atoms with Gasteiger partial charge in [0.05, 0.1) is 0 Å². The second-order valence-electron chi connectivity index (χ2n) is 5.58. The first-order chi connectivity index (χ1) is 6.07. The lowest BCUT2D eigenvalue weighted by atomic mass is 9.86. The van der Waals surface area contributed by atoms with Gasteiger partial charge in [-0.25, -0.2) is 0 Å². The minimum Gasteiger partial charge on any atom is -0.316 e. The summed E-state index contributed by atoms with van der Waals surface area (Å²) in [6.45, 7) is 12.1. The first-order valence-corrected chi connectivity index (χ1v) is 5.53. The van der Waals surface area contributed by atoms with Gasteiger partial charge < -0.3 is 5.32 Å². The summed E-state index contributed by atoms with van der Waals surface area (Å²) in [6.07, 6.45) is 1.40. The lowest BCUT2D eigenvalue weighted by Gasteiger charge is -2.42. The van der Waals surface area contributed by atoms with Crippen molar-refractivity contribution in [2.45, 2.75) is 32.7 Å². The van der Waals surface area contributed by atoms with E-state index in [0.29, 0.717) is 5.54 Å². The molecule has 2 aliphatic heterocycles. The SMILES string of the molecule is CC(C)(C)N1CCC2CNCC2C1. The molecule has 0 bridgehead atoms. The van der Waals surface area contributed by atoms with Gasteiger partial charge in [0.15, 0.2) is 0 Å². The van der Waals surface area contributed by atoms with Gasteiger partial charge in [-0.3, -0.25) is 4.90 Å². The van der Waals surface area contributed by atoms with Crippen LogP contribution in [-0.2, 0) is 0 Å². The Balaban J connectivity index is 1.97. The van der Waals surface area contributed by atoms with Crippen molar-refractivity contribution in [1.29, 1.82) is 0 Å². The maximum absolute atomic E-state index is 3.51. The molecule has 2 fully saturated rings. The molecule has 2 atom stereocenters. The fourth-order valence-electron chi connectivity index (χ4n) is 2.64. The van der Waals surface area contributed by atoms with Crippen LogP contribution in [0.3, 0.4) is 0 Å². The number of fused-ring (bicyclic) bond motifs is 1. The van der Waals surface area contributed by atoms with Gasteiger partial charge in [0.1, 0.15) is 0 Å². The van der Waals surface area contributed by atoms with E-state index < -0.39 is 0 Å². The van der Waals surface area contributed by atoms with E-state index in [1.807, 2.05) is 0 Å². The van der Waals surface area contributed by atoms with Crippen molar-refractivity contribution in [2.24, 2.45) is 11.8 Å². The molecule has 0 spiro atoms. The van der Waals surface area contributed by atoms with E-state index in [0.717, 1.165) is 11.8 Å². The molecule has 1 N–H and O–H groups in total. The lowest BCUT2D eigenvalue weighted by Crippen LogP contribution is -2.49. The summed E-state index contributed by atoms with van der Waals surface area (Å²) in [5.41, 5.74) is 0.369. The van der Waals surface area contributed by atoms with Crippen molar-refractivity contribution >= 4 is 0 Å². The van der Waals surface area contributed by atoms with Gasteiger partial charge >= 0.3 is 0 Å². The third kappa shape index (κ3) is 1.89. The Morgan fingerprint density at radius 1 is 1.15 bits per heavy atom. The maximum Gasteiger partial charge on any atom is 0.0125 e. The largest absolute Gasteiger partial charge is 0.316 e. The van der Waals surface area contributed by atoms with Gasteiger partial charge in [0.2, 0.25) is 0 Å². The molecular formula is C11H22N2. The van der Waals surface area contributed by atoms with Crippen LogP contribution in [0.15, 0.2) is 0 Å². The van der Waals surface area contributed by atoms with Crippen LogP contribution in [0.5, 0.6) is 0 Å². The third-order valence-electron chi connectivity index (χ3n) is 3.65. The summed E-state index contributed by atoms with van der Waals surface area (Å²) < 4.78 is 0. The van der Waals surface area contributed by atoms with Crippen LogP contribution in [0.4, 0.5) is 0 Å². The Kier molecular flexibility index (Phi) is 2.37. The highest BCUT2D eigenvalue weighted by Gasteiger charge is 2.36. The number of rotatable bonds is 0. The van der Waals surface area contributed by atoms with Crippen LogP contribution in [-0.4, -0.2) is 36.6 Å². The average Bonchev–Trinajstić information content (AvgIpc) is 2.47. The minimum atomic E-state index is 0.369. The molecule has 2 saturated heterocycles. The Labute approximate surface area is 81.7 Å². The monoisotopic (exact) mass is 182 g/mol. The van der Waals surface area contributed by atoms with Crippen molar-refractivity contribution in [3.8, 4) is 0 Å². The molecule has 0 aromatic rings. The zero-order valence-electron chi connectivity index (χ0n) is 9.14. The van der Waals surface area contributed by atoms with Crippen LogP contribution in [0, 0.1) is 11.8 Å². The van der Waals surface area contributed by atoms with Crippen LogP contribution in [0.2, 0.25) is 0 Å². The Morgan fingerprint density at radius 3 is 2.54 bits per heavy atom. The first kappa shape index (κ1) is 9.47. The number of hydrogen-bond donors (Lipinski definition) is 1. The number of nitrogens with zero attached hydrogens (tertiary/aromatic N) is 1. The van der Waals surface area contributed by atoms with E-state index >= 15 is 0 Å². The summed E-state index contributed by atoms with van der Waals surface area (Å²) in [5, 5.41) is 3.51. The van der Waals surface area contributed by atoms with Gasteiger partial charge in [0.25, 0.3) is 0 Å². The second-order valence-corrected chi connectivity index (χ2v) is 5.58. The van der Waals surface area contributed by atoms with E-state index in [9.17, 15) is 0 Å². The number of nitrogens with one attached hydrogen (secondary N) is 1. The summed E-state index contributed by atoms with van der Waals surface area (Å²) >= 11 is 0. The Hall–Kier alpha value is -0.0800. The highest BCUT2D eigenvalue weighted by Crippen LogP contribution is 2.30. The molecule has 13 heavy (non-hydrogen) atoms. The predicted molar refractivity (Wildman–Crippen MR) is 55.8 cm³/mol. The van der Waals surface area contributed by atoms with E-state index in [1.165, 1.54) is 32.6 Å². The molecule has 0 aliphatic carbocycles. The van der Waals surface area contributed by atoms with Crippen molar-refractivity contribution in [2.75, 3.05) is 26.2 Å². The summed E-state index contributed by atoms with van der Waals surface area (Å²) in [6, 6.07) is 0. The van der Waals surface area contributed by atoms with E-state index in [-0.39, 0.29) is 0 Å². The smallest absolute Gasteiger partial charge is 0.0125 e. The molecule has 2 heteroatoms. The molecule has 2 rings (SSSR count). The van der Waals surface area contributed by atoms with E-state index in [2.05, 4.69) is 31.0 Å². The maximum atomic E-state index is 3.51. The Morgan fingerprint density at radius 2 is 1.85 bits per heavy atom. The topological polar surface area (TPSA) is 15.3 Å². The van der Waals surface area contributed by atoms with Crippen molar-refractivity contribution in [3.63, 3.8) is 0 Å². The van der Waals surface area contributed by atoms with Gasteiger partial charge in [-0.05, 0) is 58.7 Å². The standard InChI is InChI=1S/C11H22N2/c1-11(2,3)13-5-4-9-6-12-7-10(9)8-13/h9-10,12H,4-8H2,1-3H3. The van der Waals surface area contributed by atoms with Gasteiger partial charge in [-0.1, -0.05) is 0 Å². The fourth-order valence-corrected chi connectivity index (χ4v) is 2.64. The summed E-state index contributed by atoms with van der Waals surface area (Å²) in [4.78, 5) is 2.64. The molecule has 2 heterocycles. The lowest BCUT2D eigenvalue weighted by molar-refractivity contribution is 0.0644. The van der Waals surface area contributed by atoms with Crippen molar-refractivity contribution < 1.29 is 0 Å². The molecule has 76 valence electrons. The Bertz CT molecular complexity index is 183.